The molecule has 0 spiro atoms. The summed E-state index contributed by atoms with van der Waals surface area (Å²) >= 11 is 0. The van der Waals surface area contributed by atoms with E-state index in [4.69, 9.17) is 0 Å². The average Bonchev–Trinajstić information content (AvgIpc) is 2.83. The lowest BCUT2D eigenvalue weighted by Crippen LogP contribution is -1.95. The first kappa shape index (κ1) is 8.64. The first-order valence-corrected chi connectivity index (χ1v) is 5.17. The second-order valence-corrected chi connectivity index (χ2v) is 4.11. The summed E-state index contributed by atoms with van der Waals surface area (Å²) in [5.74, 6) is 2.38. The molecule has 3 rings (SSSR count). The molecule has 5 heteroatoms. The van der Waals surface area contributed by atoms with Crippen LogP contribution in [0.1, 0.15) is 30.3 Å². The maximum absolute atomic E-state index is 4.49. The quantitative estimate of drug-likeness (QED) is 0.802. The Morgan fingerprint density at radius 2 is 2.27 bits per heavy atom. The van der Waals surface area contributed by atoms with Gasteiger partial charge in [0, 0.05) is 13.0 Å². The van der Waals surface area contributed by atoms with Crippen molar-refractivity contribution in [2.75, 3.05) is 0 Å². The van der Waals surface area contributed by atoms with Gasteiger partial charge >= 0.3 is 0 Å². The summed E-state index contributed by atoms with van der Waals surface area (Å²) in [5.41, 5.74) is 1.96. The molecule has 2 heterocycles. The van der Waals surface area contributed by atoms with Crippen molar-refractivity contribution in [2.24, 2.45) is 7.05 Å². The summed E-state index contributed by atoms with van der Waals surface area (Å²) in [6.07, 6.45) is 2.47. The fourth-order valence-corrected chi connectivity index (χ4v) is 1.75. The molecule has 1 N–H and O–H groups in total. The Bertz CT molecular complexity index is 492. The van der Waals surface area contributed by atoms with Gasteiger partial charge in [-0.05, 0) is 25.8 Å². The van der Waals surface area contributed by atoms with Crippen LogP contribution in [0.15, 0.2) is 6.07 Å². The van der Waals surface area contributed by atoms with Crippen LogP contribution in [0.5, 0.6) is 0 Å². The van der Waals surface area contributed by atoms with E-state index in [0.29, 0.717) is 5.92 Å². The third-order valence-corrected chi connectivity index (χ3v) is 2.70. The molecule has 0 bridgehead atoms. The Kier molecular flexibility index (Phi) is 1.68. The summed E-state index contributed by atoms with van der Waals surface area (Å²) in [6, 6.07) is 2.00. The SMILES string of the molecule is Cc1cc(-c2n[nH]c(C3CC3)n2)n(C)n1. The minimum absolute atomic E-state index is 0.612. The van der Waals surface area contributed by atoms with E-state index in [-0.39, 0.29) is 0 Å². The number of aryl methyl sites for hydroxylation is 2. The molecule has 0 unspecified atom stereocenters. The van der Waals surface area contributed by atoms with Crippen molar-refractivity contribution >= 4 is 0 Å². The number of H-pyrrole nitrogens is 1. The lowest BCUT2D eigenvalue weighted by molar-refractivity contribution is 0.759. The third kappa shape index (κ3) is 1.44. The normalized spacial score (nSPS) is 15.9. The lowest BCUT2D eigenvalue weighted by Gasteiger charge is -1.93. The van der Waals surface area contributed by atoms with E-state index in [1.807, 2.05) is 24.7 Å². The summed E-state index contributed by atoms with van der Waals surface area (Å²) in [6.45, 7) is 1.97. The van der Waals surface area contributed by atoms with E-state index in [1.54, 1.807) is 0 Å². The molecule has 2 aromatic heterocycles. The monoisotopic (exact) mass is 203 g/mol. The van der Waals surface area contributed by atoms with Crippen LogP contribution in [0, 0.1) is 6.92 Å². The minimum atomic E-state index is 0.612. The molecule has 15 heavy (non-hydrogen) atoms. The van der Waals surface area contributed by atoms with Crippen LogP contribution in [0.4, 0.5) is 0 Å². The van der Waals surface area contributed by atoms with E-state index in [1.165, 1.54) is 12.8 Å². The fourth-order valence-electron chi connectivity index (χ4n) is 1.75. The third-order valence-electron chi connectivity index (χ3n) is 2.70. The highest BCUT2D eigenvalue weighted by Gasteiger charge is 2.27. The molecule has 1 saturated carbocycles. The average molecular weight is 203 g/mol. The van der Waals surface area contributed by atoms with Crippen molar-refractivity contribution in [1.29, 1.82) is 0 Å². The van der Waals surface area contributed by atoms with Crippen LogP contribution >= 0.6 is 0 Å². The van der Waals surface area contributed by atoms with E-state index < -0.39 is 0 Å². The van der Waals surface area contributed by atoms with Crippen molar-refractivity contribution < 1.29 is 0 Å². The molecule has 1 aliphatic carbocycles. The van der Waals surface area contributed by atoms with Gasteiger partial charge in [0.15, 0.2) is 5.82 Å². The summed E-state index contributed by atoms with van der Waals surface area (Å²) < 4.78 is 1.81. The number of rotatable bonds is 2. The molecule has 0 radical (unpaired) electrons. The summed E-state index contributed by atoms with van der Waals surface area (Å²) in [7, 11) is 1.91. The lowest BCUT2D eigenvalue weighted by atomic mass is 10.3. The van der Waals surface area contributed by atoms with E-state index >= 15 is 0 Å². The second kappa shape index (κ2) is 2.92. The Morgan fingerprint density at radius 3 is 2.87 bits per heavy atom. The van der Waals surface area contributed by atoms with E-state index in [9.17, 15) is 0 Å². The van der Waals surface area contributed by atoms with Gasteiger partial charge in [0.2, 0.25) is 0 Å². The van der Waals surface area contributed by atoms with Crippen LogP contribution in [0.2, 0.25) is 0 Å². The number of nitrogens with one attached hydrogen (secondary N) is 1. The molecule has 1 fully saturated rings. The fraction of sp³-hybridized carbons (Fsp3) is 0.500. The van der Waals surface area contributed by atoms with Crippen molar-refractivity contribution in [1.82, 2.24) is 25.0 Å². The molecule has 0 saturated heterocycles. The van der Waals surface area contributed by atoms with Crippen LogP contribution in [0.25, 0.3) is 11.5 Å². The smallest absolute Gasteiger partial charge is 0.199 e. The molecule has 0 amide bonds. The Balaban J connectivity index is 2.00. The molecule has 0 aliphatic heterocycles. The number of aromatic nitrogens is 5. The summed E-state index contributed by atoms with van der Waals surface area (Å²) in [5, 5.41) is 11.5. The Labute approximate surface area is 87.5 Å². The van der Waals surface area contributed by atoms with Crippen LogP contribution in [-0.2, 0) is 7.05 Å². The molecular formula is C10H13N5. The first-order chi connectivity index (χ1) is 7.24. The van der Waals surface area contributed by atoms with Gasteiger partial charge in [0.05, 0.1) is 5.69 Å². The minimum Gasteiger partial charge on any atom is -0.264 e. The number of aromatic amines is 1. The van der Waals surface area contributed by atoms with Gasteiger partial charge < -0.3 is 0 Å². The zero-order chi connectivity index (χ0) is 10.4. The maximum atomic E-state index is 4.49. The van der Waals surface area contributed by atoms with Gasteiger partial charge in [-0.15, -0.1) is 0 Å². The Hall–Kier alpha value is -1.65. The van der Waals surface area contributed by atoms with Gasteiger partial charge in [-0.3, -0.25) is 9.78 Å². The number of hydrogen-bond donors (Lipinski definition) is 1. The van der Waals surface area contributed by atoms with E-state index in [0.717, 1.165) is 23.0 Å². The van der Waals surface area contributed by atoms with Crippen molar-refractivity contribution in [3.8, 4) is 11.5 Å². The van der Waals surface area contributed by atoms with Crippen LogP contribution < -0.4 is 0 Å². The van der Waals surface area contributed by atoms with Crippen LogP contribution in [-0.4, -0.2) is 25.0 Å². The summed E-state index contributed by atoms with van der Waals surface area (Å²) in [4.78, 5) is 4.49. The maximum Gasteiger partial charge on any atom is 0.199 e. The predicted octanol–water partition coefficient (Wildman–Crippen LogP) is 1.39. The highest BCUT2D eigenvalue weighted by Crippen LogP contribution is 2.38. The number of nitrogens with zero attached hydrogens (tertiary/aromatic N) is 4. The number of hydrogen-bond acceptors (Lipinski definition) is 3. The zero-order valence-corrected chi connectivity index (χ0v) is 8.86. The second-order valence-electron chi connectivity index (χ2n) is 4.11. The molecule has 1 aliphatic rings. The molecule has 0 atom stereocenters. The first-order valence-electron chi connectivity index (χ1n) is 5.17. The zero-order valence-electron chi connectivity index (χ0n) is 8.86. The van der Waals surface area contributed by atoms with Gasteiger partial charge in [-0.1, -0.05) is 0 Å². The molecule has 78 valence electrons. The molecule has 5 nitrogen and oxygen atoms in total. The van der Waals surface area contributed by atoms with Crippen molar-refractivity contribution in [3.63, 3.8) is 0 Å². The highest BCUT2D eigenvalue weighted by atomic mass is 15.3. The van der Waals surface area contributed by atoms with E-state index in [2.05, 4.69) is 20.3 Å². The van der Waals surface area contributed by atoms with Crippen LogP contribution in [0.3, 0.4) is 0 Å². The molecular weight excluding hydrogens is 190 g/mol. The largest absolute Gasteiger partial charge is 0.264 e. The predicted molar refractivity (Wildman–Crippen MR) is 55.3 cm³/mol. The Morgan fingerprint density at radius 1 is 1.47 bits per heavy atom. The standard InChI is InChI=1S/C10H13N5/c1-6-5-8(15(2)14-6)10-11-9(12-13-10)7-3-4-7/h5,7H,3-4H2,1-2H3,(H,11,12,13). The van der Waals surface area contributed by atoms with Gasteiger partial charge in [0.25, 0.3) is 0 Å². The topological polar surface area (TPSA) is 59.4 Å². The van der Waals surface area contributed by atoms with Gasteiger partial charge in [-0.2, -0.15) is 10.2 Å². The molecule has 2 aromatic rings. The van der Waals surface area contributed by atoms with Crippen molar-refractivity contribution in [2.45, 2.75) is 25.7 Å². The molecule has 0 aromatic carbocycles. The van der Waals surface area contributed by atoms with Gasteiger partial charge in [0.1, 0.15) is 11.5 Å². The highest BCUT2D eigenvalue weighted by molar-refractivity contribution is 5.49. The van der Waals surface area contributed by atoms with Crippen molar-refractivity contribution in [3.05, 3.63) is 17.6 Å². The van der Waals surface area contributed by atoms with Gasteiger partial charge in [-0.25, -0.2) is 4.98 Å².